The van der Waals surface area contributed by atoms with Crippen LogP contribution in [0.15, 0.2) is 80.5 Å². The van der Waals surface area contributed by atoms with E-state index in [4.69, 9.17) is 16.0 Å². The molecule has 0 aliphatic heterocycles. The van der Waals surface area contributed by atoms with Crippen LogP contribution in [0.4, 0.5) is 0 Å². The topological polar surface area (TPSA) is 114 Å². The fourth-order valence-electron chi connectivity index (χ4n) is 3.67. The molecule has 2 N–H and O–H groups in total. The van der Waals surface area contributed by atoms with Gasteiger partial charge in [-0.2, -0.15) is 0 Å². The molecule has 3 aromatic carbocycles. The number of halogens is 1. The summed E-state index contributed by atoms with van der Waals surface area (Å²) in [6.07, 6.45) is 0.493. The molecule has 0 bridgehead atoms. The van der Waals surface area contributed by atoms with Crippen LogP contribution in [0.1, 0.15) is 40.3 Å². The standard InChI is InChI=1S/C25H19ClN4O4/c1-14(16-7-9-17(10-8-16)23-29-25(32)34-30-23)27-24(31)19-3-2-4-20-22(19)28-21(33-20)13-15-5-11-18(26)12-6-15/h2-12,14H,13H2,1H3,(H,27,31)(H,29,30,32)/t14-/m0/s1. The van der Waals surface area contributed by atoms with Gasteiger partial charge in [0.25, 0.3) is 5.91 Å². The Hall–Kier alpha value is -4.17. The minimum atomic E-state index is -0.613. The third-order valence-electron chi connectivity index (χ3n) is 5.45. The summed E-state index contributed by atoms with van der Waals surface area (Å²) >= 11 is 5.95. The predicted octanol–water partition coefficient (Wildman–Crippen LogP) is 4.91. The molecule has 5 rings (SSSR count). The van der Waals surface area contributed by atoms with Crippen molar-refractivity contribution in [3.63, 3.8) is 0 Å². The molecule has 1 atom stereocenters. The molecule has 5 aromatic rings. The van der Waals surface area contributed by atoms with Crippen molar-refractivity contribution in [3.8, 4) is 11.4 Å². The summed E-state index contributed by atoms with van der Waals surface area (Å²) in [7, 11) is 0. The molecule has 2 heterocycles. The van der Waals surface area contributed by atoms with Crippen LogP contribution >= 0.6 is 11.6 Å². The number of oxazole rings is 1. The zero-order valence-corrected chi connectivity index (χ0v) is 18.8. The minimum Gasteiger partial charge on any atom is -0.440 e. The van der Waals surface area contributed by atoms with Gasteiger partial charge in [-0.25, -0.2) is 9.78 Å². The number of benzene rings is 3. The Morgan fingerprint density at radius 1 is 1.09 bits per heavy atom. The lowest BCUT2D eigenvalue weighted by Crippen LogP contribution is -2.26. The first-order valence-electron chi connectivity index (χ1n) is 10.6. The first kappa shape index (κ1) is 21.7. The average molecular weight is 475 g/mol. The highest BCUT2D eigenvalue weighted by atomic mass is 35.5. The summed E-state index contributed by atoms with van der Waals surface area (Å²) in [5.74, 6) is -0.000117. The first-order chi connectivity index (χ1) is 16.5. The Balaban J connectivity index is 1.33. The number of para-hydroxylation sites is 1. The number of aromatic amines is 1. The highest BCUT2D eigenvalue weighted by Crippen LogP contribution is 2.24. The molecule has 0 spiro atoms. The van der Waals surface area contributed by atoms with E-state index in [0.717, 1.165) is 11.1 Å². The van der Waals surface area contributed by atoms with E-state index >= 15 is 0 Å². The van der Waals surface area contributed by atoms with Crippen LogP contribution in [0.2, 0.25) is 5.02 Å². The van der Waals surface area contributed by atoms with Gasteiger partial charge in [-0.05, 0) is 42.3 Å². The molecule has 1 amide bonds. The van der Waals surface area contributed by atoms with Gasteiger partial charge in [-0.15, -0.1) is 0 Å². The highest BCUT2D eigenvalue weighted by molar-refractivity contribution is 6.30. The second-order valence-electron chi connectivity index (χ2n) is 7.82. The molecule has 2 aromatic heterocycles. The van der Waals surface area contributed by atoms with Gasteiger partial charge in [-0.3, -0.25) is 14.3 Å². The number of nitrogens with zero attached hydrogens (tertiary/aromatic N) is 2. The molecule has 8 nitrogen and oxygen atoms in total. The molecular weight excluding hydrogens is 456 g/mol. The van der Waals surface area contributed by atoms with Crippen LogP contribution in [-0.2, 0) is 6.42 Å². The van der Waals surface area contributed by atoms with Gasteiger partial charge in [0.2, 0.25) is 0 Å². The van der Waals surface area contributed by atoms with E-state index in [2.05, 4.69) is 25.0 Å². The first-order valence-corrected chi connectivity index (χ1v) is 10.9. The van der Waals surface area contributed by atoms with Crippen molar-refractivity contribution in [1.82, 2.24) is 20.4 Å². The smallest absolute Gasteiger partial charge is 0.439 e. The van der Waals surface area contributed by atoms with E-state index < -0.39 is 5.76 Å². The zero-order valence-electron chi connectivity index (χ0n) is 18.0. The normalized spacial score (nSPS) is 12.1. The third-order valence-corrected chi connectivity index (χ3v) is 5.70. The van der Waals surface area contributed by atoms with Crippen molar-refractivity contribution in [1.29, 1.82) is 0 Å². The van der Waals surface area contributed by atoms with E-state index in [0.29, 0.717) is 45.4 Å². The van der Waals surface area contributed by atoms with Gasteiger partial charge in [0, 0.05) is 17.0 Å². The summed E-state index contributed by atoms with van der Waals surface area (Å²) < 4.78 is 10.4. The number of amides is 1. The van der Waals surface area contributed by atoms with E-state index in [1.165, 1.54) is 0 Å². The zero-order chi connectivity index (χ0) is 23.7. The van der Waals surface area contributed by atoms with Gasteiger partial charge < -0.3 is 9.73 Å². The lowest BCUT2D eigenvalue weighted by molar-refractivity contribution is 0.0941. The van der Waals surface area contributed by atoms with Gasteiger partial charge in [0.1, 0.15) is 5.52 Å². The van der Waals surface area contributed by atoms with Crippen molar-refractivity contribution in [2.75, 3.05) is 0 Å². The number of hydrogen-bond acceptors (Lipinski definition) is 6. The Kier molecular flexibility index (Phi) is 5.73. The maximum Gasteiger partial charge on any atom is 0.439 e. The number of H-pyrrole nitrogens is 1. The van der Waals surface area contributed by atoms with Crippen molar-refractivity contribution in [2.45, 2.75) is 19.4 Å². The second kappa shape index (κ2) is 8.99. The molecule has 170 valence electrons. The Bertz CT molecular complexity index is 1520. The average Bonchev–Trinajstić information content (AvgIpc) is 3.46. The van der Waals surface area contributed by atoms with Gasteiger partial charge in [0.05, 0.1) is 11.6 Å². The summed E-state index contributed by atoms with van der Waals surface area (Å²) in [5.41, 5.74) is 4.10. The predicted molar refractivity (Wildman–Crippen MR) is 127 cm³/mol. The molecule has 0 saturated carbocycles. The number of rotatable bonds is 6. The number of aromatic nitrogens is 3. The van der Waals surface area contributed by atoms with Gasteiger partial charge in [0.15, 0.2) is 17.3 Å². The molecule has 0 aliphatic carbocycles. The maximum atomic E-state index is 13.1. The summed E-state index contributed by atoms with van der Waals surface area (Å²) in [4.78, 5) is 31.3. The highest BCUT2D eigenvalue weighted by Gasteiger charge is 2.18. The quantitative estimate of drug-likeness (QED) is 0.361. The van der Waals surface area contributed by atoms with E-state index in [9.17, 15) is 9.59 Å². The van der Waals surface area contributed by atoms with E-state index in [1.54, 1.807) is 30.3 Å². The van der Waals surface area contributed by atoms with Crippen LogP contribution in [0.5, 0.6) is 0 Å². The van der Waals surface area contributed by atoms with Crippen molar-refractivity contribution < 1.29 is 13.7 Å². The molecule has 0 saturated heterocycles. The second-order valence-corrected chi connectivity index (χ2v) is 8.26. The monoisotopic (exact) mass is 474 g/mol. The molecule has 34 heavy (non-hydrogen) atoms. The summed E-state index contributed by atoms with van der Waals surface area (Å²) in [6.45, 7) is 1.89. The summed E-state index contributed by atoms with van der Waals surface area (Å²) in [5, 5.41) is 7.35. The van der Waals surface area contributed by atoms with Crippen LogP contribution in [0.25, 0.3) is 22.5 Å². The summed E-state index contributed by atoms with van der Waals surface area (Å²) in [6, 6.07) is 19.8. The van der Waals surface area contributed by atoms with Crippen LogP contribution in [-0.4, -0.2) is 21.0 Å². The number of nitrogens with one attached hydrogen (secondary N) is 2. The molecule has 0 aliphatic rings. The Labute approximate surface area is 198 Å². The van der Waals surface area contributed by atoms with Crippen molar-refractivity contribution in [3.05, 3.63) is 105 Å². The number of carbonyl (C=O) groups is 1. The molecule has 0 radical (unpaired) electrons. The number of hydrogen-bond donors (Lipinski definition) is 2. The van der Waals surface area contributed by atoms with E-state index in [-0.39, 0.29) is 11.9 Å². The Morgan fingerprint density at radius 2 is 1.85 bits per heavy atom. The molecule has 0 fully saturated rings. The number of carbonyl (C=O) groups excluding carboxylic acids is 1. The van der Waals surface area contributed by atoms with E-state index in [1.807, 2.05) is 43.3 Å². The lowest BCUT2D eigenvalue weighted by atomic mass is 10.0. The fraction of sp³-hybridized carbons (Fsp3) is 0.120. The third kappa shape index (κ3) is 4.49. The fourth-order valence-corrected chi connectivity index (χ4v) is 3.80. The number of fused-ring (bicyclic) bond motifs is 1. The molecule has 0 unspecified atom stereocenters. The van der Waals surface area contributed by atoms with Crippen LogP contribution in [0, 0.1) is 0 Å². The van der Waals surface area contributed by atoms with Crippen molar-refractivity contribution >= 4 is 28.6 Å². The van der Waals surface area contributed by atoms with Gasteiger partial charge in [-0.1, -0.05) is 59.2 Å². The maximum absolute atomic E-state index is 13.1. The largest absolute Gasteiger partial charge is 0.440 e. The molecule has 9 heteroatoms. The Morgan fingerprint density at radius 3 is 2.56 bits per heavy atom. The van der Waals surface area contributed by atoms with Crippen molar-refractivity contribution in [2.24, 2.45) is 0 Å². The lowest BCUT2D eigenvalue weighted by Gasteiger charge is -2.15. The van der Waals surface area contributed by atoms with Crippen LogP contribution < -0.4 is 11.1 Å². The minimum absolute atomic E-state index is 0.255. The van der Waals surface area contributed by atoms with Crippen LogP contribution in [0.3, 0.4) is 0 Å². The SMILES string of the molecule is C[C@H](NC(=O)c1cccc2oc(Cc3ccc(Cl)cc3)nc12)c1ccc(-c2noc(=O)[nH]2)cc1. The van der Waals surface area contributed by atoms with Gasteiger partial charge >= 0.3 is 5.76 Å². The molecular formula is C25H19ClN4O4.